The lowest BCUT2D eigenvalue weighted by molar-refractivity contribution is -0.0582. The second kappa shape index (κ2) is 4.51. The maximum absolute atomic E-state index is 5.77. The fourth-order valence-electron chi connectivity index (χ4n) is 2.40. The van der Waals surface area contributed by atoms with Gasteiger partial charge in [-0.05, 0) is 26.0 Å². The third-order valence-corrected chi connectivity index (χ3v) is 3.60. The maximum atomic E-state index is 5.77. The highest BCUT2D eigenvalue weighted by molar-refractivity contribution is 5.76. The summed E-state index contributed by atoms with van der Waals surface area (Å²) < 4.78 is 11.3. The predicted molar refractivity (Wildman–Crippen MR) is 73.7 cm³/mol. The molecule has 0 unspecified atom stereocenters. The summed E-state index contributed by atoms with van der Waals surface area (Å²) in [6, 6.07) is 5.55. The number of oxazole rings is 1. The highest BCUT2D eigenvalue weighted by Gasteiger charge is 2.31. The van der Waals surface area contributed by atoms with Gasteiger partial charge in [0.2, 0.25) is 5.89 Å². The first-order valence-corrected chi connectivity index (χ1v) is 6.52. The Balaban J connectivity index is 1.84. The van der Waals surface area contributed by atoms with E-state index in [4.69, 9.17) is 14.9 Å². The van der Waals surface area contributed by atoms with Crippen molar-refractivity contribution in [2.45, 2.75) is 25.9 Å². The minimum absolute atomic E-state index is 0.0118. The molecule has 1 aliphatic heterocycles. The van der Waals surface area contributed by atoms with E-state index in [0.717, 1.165) is 36.7 Å². The zero-order valence-corrected chi connectivity index (χ0v) is 11.3. The number of anilines is 1. The Bertz CT molecular complexity index is 591. The van der Waals surface area contributed by atoms with Gasteiger partial charge in [0.15, 0.2) is 5.58 Å². The molecule has 0 radical (unpaired) electrons. The summed E-state index contributed by atoms with van der Waals surface area (Å²) in [6.07, 6.45) is 0. The average Bonchev–Trinajstić information content (AvgIpc) is 2.73. The molecule has 2 heterocycles. The fraction of sp³-hybridized carbons (Fsp3) is 0.500. The molecule has 2 N–H and O–H groups in total. The van der Waals surface area contributed by atoms with E-state index in [1.54, 1.807) is 0 Å². The van der Waals surface area contributed by atoms with Crippen LogP contribution in [-0.4, -0.2) is 35.2 Å². The van der Waals surface area contributed by atoms with Crippen LogP contribution in [0.2, 0.25) is 0 Å². The molecular formula is C14H19N3O2. The van der Waals surface area contributed by atoms with Crippen LogP contribution in [0.25, 0.3) is 11.1 Å². The minimum atomic E-state index is 0.0118. The molecule has 0 amide bonds. The standard InChI is InChI=1S/C14H19N3O2/c1-14(2)9-18-6-5-17(14)8-13-16-11-4-3-10(15)7-12(11)19-13/h3-4,7H,5-6,8-9,15H2,1-2H3. The molecule has 3 rings (SSSR count). The zero-order chi connectivity index (χ0) is 13.5. The lowest BCUT2D eigenvalue weighted by Gasteiger charge is -2.41. The molecule has 1 saturated heterocycles. The molecule has 0 atom stereocenters. The number of aromatic nitrogens is 1. The number of morpholine rings is 1. The summed E-state index contributed by atoms with van der Waals surface area (Å²) in [4.78, 5) is 6.85. The Labute approximate surface area is 112 Å². The number of nitrogens with two attached hydrogens (primary N) is 1. The van der Waals surface area contributed by atoms with Crippen molar-refractivity contribution in [1.82, 2.24) is 9.88 Å². The van der Waals surface area contributed by atoms with Crippen LogP contribution in [0.5, 0.6) is 0 Å². The van der Waals surface area contributed by atoms with Gasteiger partial charge in [0.25, 0.3) is 0 Å². The van der Waals surface area contributed by atoms with E-state index in [0.29, 0.717) is 12.2 Å². The molecule has 1 aromatic heterocycles. The highest BCUT2D eigenvalue weighted by atomic mass is 16.5. The molecule has 0 bridgehead atoms. The fourth-order valence-corrected chi connectivity index (χ4v) is 2.40. The molecule has 2 aromatic rings. The summed E-state index contributed by atoms with van der Waals surface area (Å²) in [6.45, 7) is 7.44. The lowest BCUT2D eigenvalue weighted by atomic mass is 10.0. The molecule has 19 heavy (non-hydrogen) atoms. The van der Waals surface area contributed by atoms with Crippen molar-refractivity contribution in [2.75, 3.05) is 25.5 Å². The normalized spacial score (nSPS) is 19.9. The Morgan fingerprint density at radius 3 is 3.05 bits per heavy atom. The van der Waals surface area contributed by atoms with E-state index in [-0.39, 0.29) is 5.54 Å². The van der Waals surface area contributed by atoms with Gasteiger partial charge in [0, 0.05) is 23.8 Å². The smallest absolute Gasteiger partial charge is 0.209 e. The summed E-state index contributed by atoms with van der Waals surface area (Å²) in [5, 5.41) is 0. The van der Waals surface area contributed by atoms with Crippen molar-refractivity contribution in [3.8, 4) is 0 Å². The summed E-state index contributed by atoms with van der Waals surface area (Å²) in [5.74, 6) is 0.732. The minimum Gasteiger partial charge on any atom is -0.439 e. The number of fused-ring (bicyclic) bond motifs is 1. The Hall–Kier alpha value is -1.59. The van der Waals surface area contributed by atoms with E-state index >= 15 is 0 Å². The van der Waals surface area contributed by atoms with Gasteiger partial charge < -0.3 is 14.9 Å². The first-order chi connectivity index (χ1) is 9.04. The number of hydrogen-bond donors (Lipinski definition) is 1. The van der Waals surface area contributed by atoms with Crippen molar-refractivity contribution >= 4 is 16.8 Å². The number of rotatable bonds is 2. The molecule has 1 aliphatic rings. The van der Waals surface area contributed by atoms with Gasteiger partial charge >= 0.3 is 0 Å². The van der Waals surface area contributed by atoms with E-state index in [1.165, 1.54) is 0 Å². The van der Waals surface area contributed by atoms with Crippen LogP contribution in [0, 0.1) is 0 Å². The second-order valence-corrected chi connectivity index (χ2v) is 5.62. The Morgan fingerprint density at radius 1 is 1.42 bits per heavy atom. The number of nitrogens with zero attached hydrogens (tertiary/aromatic N) is 2. The zero-order valence-electron chi connectivity index (χ0n) is 11.3. The van der Waals surface area contributed by atoms with Crippen LogP contribution in [-0.2, 0) is 11.3 Å². The van der Waals surface area contributed by atoms with Crippen LogP contribution in [0.1, 0.15) is 19.7 Å². The van der Waals surface area contributed by atoms with E-state index in [9.17, 15) is 0 Å². The van der Waals surface area contributed by atoms with Gasteiger partial charge in [-0.15, -0.1) is 0 Å². The quantitative estimate of drug-likeness (QED) is 0.838. The maximum Gasteiger partial charge on any atom is 0.209 e. The first kappa shape index (κ1) is 12.4. The van der Waals surface area contributed by atoms with Crippen molar-refractivity contribution in [3.63, 3.8) is 0 Å². The number of nitrogen functional groups attached to an aromatic ring is 1. The molecule has 0 saturated carbocycles. The number of ether oxygens (including phenoxy) is 1. The summed E-state index contributed by atoms with van der Waals surface area (Å²) in [5.41, 5.74) is 8.06. The summed E-state index contributed by atoms with van der Waals surface area (Å²) >= 11 is 0. The molecular weight excluding hydrogens is 242 g/mol. The van der Waals surface area contributed by atoms with Gasteiger partial charge in [-0.3, -0.25) is 4.90 Å². The van der Waals surface area contributed by atoms with Crippen molar-refractivity contribution in [3.05, 3.63) is 24.1 Å². The van der Waals surface area contributed by atoms with E-state index in [2.05, 4.69) is 23.7 Å². The molecule has 1 aromatic carbocycles. The van der Waals surface area contributed by atoms with E-state index in [1.807, 2.05) is 18.2 Å². The van der Waals surface area contributed by atoms with Crippen LogP contribution in [0.3, 0.4) is 0 Å². The highest BCUT2D eigenvalue weighted by Crippen LogP contribution is 2.24. The van der Waals surface area contributed by atoms with Gasteiger partial charge in [-0.1, -0.05) is 0 Å². The first-order valence-electron chi connectivity index (χ1n) is 6.52. The molecule has 5 nitrogen and oxygen atoms in total. The van der Waals surface area contributed by atoms with Gasteiger partial charge in [-0.25, -0.2) is 4.98 Å². The predicted octanol–water partition coefficient (Wildman–Crippen LogP) is 2.02. The SMILES string of the molecule is CC1(C)COCCN1Cc1nc2ccc(N)cc2o1. The molecule has 5 heteroatoms. The molecule has 1 fully saturated rings. The molecule has 0 spiro atoms. The largest absolute Gasteiger partial charge is 0.439 e. The monoisotopic (exact) mass is 261 g/mol. The van der Waals surface area contributed by atoms with E-state index < -0.39 is 0 Å². The lowest BCUT2D eigenvalue weighted by Crippen LogP contribution is -2.52. The van der Waals surface area contributed by atoms with Gasteiger partial charge in [-0.2, -0.15) is 0 Å². The van der Waals surface area contributed by atoms with Crippen molar-refractivity contribution < 1.29 is 9.15 Å². The van der Waals surface area contributed by atoms with Gasteiger partial charge in [0.1, 0.15) is 5.52 Å². The number of hydrogen-bond acceptors (Lipinski definition) is 5. The van der Waals surface area contributed by atoms with Gasteiger partial charge in [0.05, 0.1) is 19.8 Å². The third kappa shape index (κ3) is 2.43. The summed E-state index contributed by atoms with van der Waals surface area (Å²) in [7, 11) is 0. The molecule has 0 aliphatic carbocycles. The van der Waals surface area contributed by atoms with Crippen LogP contribution < -0.4 is 5.73 Å². The Morgan fingerprint density at radius 2 is 2.26 bits per heavy atom. The molecule has 102 valence electrons. The number of benzene rings is 1. The van der Waals surface area contributed by atoms with Crippen LogP contribution >= 0.6 is 0 Å². The Kier molecular flexibility index (Phi) is 2.95. The second-order valence-electron chi connectivity index (χ2n) is 5.62. The van der Waals surface area contributed by atoms with Crippen LogP contribution in [0.15, 0.2) is 22.6 Å². The van der Waals surface area contributed by atoms with Crippen LogP contribution in [0.4, 0.5) is 5.69 Å². The van der Waals surface area contributed by atoms with Crippen molar-refractivity contribution in [1.29, 1.82) is 0 Å². The van der Waals surface area contributed by atoms with Crippen molar-refractivity contribution in [2.24, 2.45) is 0 Å². The third-order valence-electron chi connectivity index (χ3n) is 3.60. The average molecular weight is 261 g/mol. The topological polar surface area (TPSA) is 64.5 Å².